The Morgan fingerprint density at radius 2 is 1.72 bits per heavy atom. The number of rotatable bonds is 8. The third-order valence-corrected chi connectivity index (χ3v) is 6.80. The van der Waals surface area contributed by atoms with Gasteiger partial charge in [-0.1, -0.05) is 18.2 Å². The number of nitrogens with zero attached hydrogens (tertiary/aromatic N) is 2. The van der Waals surface area contributed by atoms with E-state index in [4.69, 9.17) is 4.74 Å². The SMILES string of the molecule is Oc1ccc2cc(-c3ccc(C(F)(F)F)cc3F)c([C@H](O)c3ccc(OCCN4CC(CF)C4)cc3)nc2c1. The molecule has 5 rings (SSSR count). The predicted molar refractivity (Wildman–Crippen MR) is 136 cm³/mol. The van der Waals surface area contributed by atoms with Crippen molar-refractivity contribution in [3.05, 3.63) is 89.4 Å². The van der Waals surface area contributed by atoms with Crippen LogP contribution in [0.25, 0.3) is 22.0 Å². The average Bonchev–Trinajstić information content (AvgIpc) is 2.88. The number of pyridine rings is 1. The van der Waals surface area contributed by atoms with Crippen molar-refractivity contribution in [1.82, 2.24) is 9.88 Å². The molecule has 0 radical (unpaired) electrons. The summed E-state index contributed by atoms with van der Waals surface area (Å²) in [6, 6.07) is 14.6. The fourth-order valence-corrected chi connectivity index (χ4v) is 4.66. The smallest absolute Gasteiger partial charge is 0.416 e. The minimum Gasteiger partial charge on any atom is -0.508 e. The first-order valence-electron chi connectivity index (χ1n) is 12.3. The zero-order chi connectivity index (χ0) is 27.7. The Bertz CT molecular complexity index is 1470. The minimum atomic E-state index is -4.71. The number of hydrogen-bond donors (Lipinski definition) is 2. The molecule has 3 aromatic carbocycles. The van der Waals surface area contributed by atoms with Crippen LogP contribution in [-0.4, -0.2) is 53.0 Å². The Labute approximate surface area is 221 Å². The van der Waals surface area contributed by atoms with Gasteiger partial charge in [0.1, 0.15) is 30.0 Å². The molecule has 4 aromatic rings. The number of phenols is 1. The first kappa shape index (κ1) is 26.8. The molecule has 2 heterocycles. The summed E-state index contributed by atoms with van der Waals surface area (Å²) in [5.74, 6) is -0.524. The normalized spacial score (nSPS) is 15.3. The standard InChI is InChI=1S/C29H25F5N2O3/c30-14-17-15-36(16-17)9-10-39-22-6-2-18(3-7-22)28(38)27-24(11-19-1-5-21(37)13-26(19)35-27)23-8-4-20(12-25(23)31)29(32,33)34/h1-8,11-13,17,28,37-38H,9-10,14-16H2/t28-/m1/s1. The molecule has 0 amide bonds. The second kappa shape index (κ2) is 10.8. The molecule has 10 heteroatoms. The maximum absolute atomic E-state index is 15.0. The molecule has 2 N–H and O–H groups in total. The number of fused-ring (bicyclic) bond motifs is 1. The number of aromatic nitrogens is 1. The highest BCUT2D eigenvalue weighted by atomic mass is 19.4. The fourth-order valence-electron chi connectivity index (χ4n) is 4.66. The van der Waals surface area contributed by atoms with Crippen LogP contribution in [0.3, 0.4) is 0 Å². The topological polar surface area (TPSA) is 65.8 Å². The Morgan fingerprint density at radius 3 is 2.38 bits per heavy atom. The van der Waals surface area contributed by atoms with Gasteiger partial charge >= 0.3 is 6.18 Å². The van der Waals surface area contributed by atoms with E-state index >= 15 is 0 Å². The number of benzene rings is 3. The van der Waals surface area contributed by atoms with E-state index in [-0.39, 0.29) is 35.2 Å². The molecule has 1 saturated heterocycles. The highest BCUT2D eigenvalue weighted by Crippen LogP contribution is 2.38. The van der Waals surface area contributed by atoms with Crippen LogP contribution in [0, 0.1) is 11.7 Å². The van der Waals surface area contributed by atoms with Crippen LogP contribution in [0.1, 0.15) is 22.9 Å². The van der Waals surface area contributed by atoms with Gasteiger partial charge in [0.15, 0.2) is 0 Å². The van der Waals surface area contributed by atoms with E-state index in [9.17, 15) is 32.2 Å². The van der Waals surface area contributed by atoms with Gasteiger partial charge in [0.05, 0.1) is 23.4 Å². The lowest BCUT2D eigenvalue weighted by Crippen LogP contribution is -2.49. The zero-order valence-electron chi connectivity index (χ0n) is 20.6. The maximum Gasteiger partial charge on any atom is 0.416 e. The first-order chi connectivity index (χ1) is 18.6. The predicted octanol–water partition coefficient (Wildman–Crippen LogP) is 6.13. The summed E-state index contributed by atoms with van der Waals surface area (Å²) in [4.78, 5) is 6.55. The molecule has 0 bridgehead atoms. The quantitative estimate of drug-likeness (QED) is 0.262. The number of ether oxygens (including phenoxy) is 1. The molecule has 1 aliphatic heterocycles. The van der Waals surface area contributed by atoms with E-state index in [2.05, 4.69) is 9.88 Å². The number of aliphatic hydroxyl groups excluding tert-OH is 1. The number of aliphatic hydroxyl groups is 1. The van der Waals surface area contributed by atoms with Gasteiger partial charge < -0.3 is 14.9 Å². The number of phenolic OH excluding ortho intramolecular Hbond substituents is 1. The molecule has 1 aromatic heterocycles. The summed E-state index contributed by atoms with van der Waals surface area (Å²) in [7, 11) is 0. The van der Waals surface area contributed by atoms with E-state index in [1.807, 2.05) is 0 Å². The average molecular weight is 545 g/mol. The minimum absolute atomic E-state index is 0.0145. The second-order valence-electron chi connectivity index (χ2n) is 9.59. The molecule has 5 nitrogen and oxygen atoms in total. The molecule has 204 valence electrons. The van der Waals surface area contributed by atoms with E-state index < -0.39 is 23.7 Å². The zero-order valence-corrected chi connectivity index (χ0v) is 20.6. The van der Waals surface area contributed by atoms with Crippen LogP contribution < -0.4 is 4.74 Å². The Morgan fingerprint density at radius 1 is 0.974 bits per heavy atom. The van der Waals surface area contributed by atoms with E-state index in [0.29, 0.717) is 54.5 Å². The van der Waals surface area contributed by atoms with E-state index in [1.165, 1.54) is 18.2 Å². The number of aromatic hydroxyl groups is 1. The molecule has 0 saturated carbocycles. The number of alkyl halides is 4. The molecule has 0 spiro atoms. The fraction of sp³-hybridized carbons (Fsp3) is 0.276. The van der Waals surface area contributed by atoms with Crippen LogP contribution in [-0.2, 0) is 6.18 Å². The molecule has 1 aliphatic rings. The summed E-state index contributed by atoms with van der Waals surface area (Å²) in [5.41, 5.74) is -0.427. The van der Waals surface area contributed by atoms with Crippen molar-refractivity contribution in [2.75, 3.05) is 32.9 Å². The Balaban J connectivity index is 1.43. The molecule has 39 heavy (non-hydrogen) atoms. The third-order valence-electron chi connectivity index (χ3n) is 6.80. The summed E-state index contributed by atoms with van der Waals surface area (Å²) < 4.78 is 72.6. The van der Waals surface area contributed by atoms with Crippen molar-refractivity contribution in [3.8, 4) is 22.6 Å². The van der Waals surface area contributed by atoms with Crippen molar-refractivity contribution in [1.29, 1.82) is 0 Å². The summed E-state index contributed by atoms with van der Waals surface area (Å²) >= 11 is 0. The molecule has 0 aliphatic carbocycles. The van der Waals surface area contributed by atoms with Crippen molar-refractivity contribution < 1.29 is 36.9 Å². The summed E-state index contributed by atoms with van der Waals surface area (Å²) in [6.45, 7) is 2.18. The molecule has 1 fully saturated rings. The van der Waals surface area contributed by atoms with Gasteiger partial charge in [-0.2, -0.15) is 13.2 Å². The van der Waals surface area contributed by atoms with Gasteiger partial charge in [0.2, 0.25) is 0 Å². The summed E-state index contributed by atoms with van der Waals surface area (Å²) in [6.07, 6.45) is -6.07. The van der Waals surface area contributed by atoms with Gasteiger partial charge in [-0.05, 0) is 48.0 Å². The first-order valence-corrected chi connectivity index (χ1v) is 12.3. The summed E-state index contributed by atoms with van der Waals surface area (Å²) in [5, 5.41) is 21.7. The molecular weight excluding hydrogens is 519 g/mol. The van der Waals surface area contributed by atoms with Crippen molar-refractivity contribution >= 4 is 10.9 Å². The molecular formula is C29H25F5N2O3. The Hall–Kier alpha value is -3.76. The Kier molecular flexibility index (Phi) is 7.42. The van der Waals surface area contributed by atoms with Gasteiger partial charge in [-0.3, -0.25) is 9.29 Å². The van der Waals surface area contributed by atoms with Crippen LogP contribution in [0.2, 0.25) is 0 Å². The largest absolute Gasteiger partial charge is 0.508 e. The van der Waals surface area contributed by atoms with Crippen LogP contribution in [0.4, 0.5) is 22.0 Å². The molecule has 0 unspecified atom stereocenters. The van der Waals surface area contributed by atoms with Crippen molar-refractivity contribution in [2.45, 2.75) is 12.3 Å². The van der Waals surface area contributed by atoms with Crippen molar-refractivity contribution in [2.24, 2.45) is 5.92 Å². The number of hydrogen-bond acceptors (Lipinski definition) is 5. The van der Waals surface area contributed by atoms with Crippen LogP contribution in [0.15, 0.2) is 66.7 Å². The third kappa shape index (κ3) is 5.81. The monoisotopic (exact) mass is 544 g/mol. The lowest BCUT2D eigenvalue weighted by molar-refractivity contribution is -0.137. The number of halogens is 5. The lowest BCUT2D eigenvalue weighted by Gasteiger charge is -2.37. The van der Waals surface area contributed by atoms with Gasteiger partial charge in [0, 0.05) is 48.1 Å². The highest BCUT2D eigenvalue weighted by molar-refractivity contribution is 5.86. The second-order valence-corrected chi connectivity index (χ2v) is 9.59. The van der Waals surface area contributed by atoms with Gasteiger partial charge in [0.25, 0.3) is 0 Å². The maximum atomic E-state index is 15.0. The van der Waals surface area contributed by atoms with Crippen LogP contribution in [0.5, 0.6) is 11.5 Å². The van der Waals surface area contributed by atoms with Gasteiger partial charge in [-0.15, -0.1) is 0 Å². The highest BCUT2D eigenvalue weighted by Gasteiger charge is 2.32. The molecule has 1 atom stereocenters. The van der Waals surface area contributed by atoms with E-state index in [1.54, 1.807) is 30.3 Å². The number of likely N-dealkylation sites (tertiary alicyclic amines) is 1. The van der Waals surface area contributed by atoms with Gasteiger partial charge in [-0.25, -0.2) is 9.37 Å². The van der Waals surface area contributed by atoms with Crippen LogP contribution >= 0.6 is 0 Å². The van der Waals surface area contributed by atoms with Crippen molar-refractivity contribution in [3.63, 3.8) is 0 Å². The van der Waals surface area contributed by atoms with E-state index in [0.717, 1.165) is 12.1 Å². The lowest BCUT2D eigenvalue weighted by atomic mass is 9.94.